The van der Waals surface area contributed by atoms with E-state index >= 15 is 0 Å². The number of rotatable bonds is 4. The van der Waals surface area contributed by atoms with Crippen molar-refractivity contribution in [2.75, 3.05) is 5.01 Å². The van der Waals surface area contributed by atoms with Gasteiger partial charge in [-0.1, -0.05) is 13.5 Å². The third kappa shape index (κ3) is 2.50. The van der Waals surface area contributed by atoms with Crippen LogP contribution in [0.3, 0.4) is 0 Å². The Morgan fingerprint density at radius 3 is 2.93 bits per heavy atom. The smallest absolute Gasteiger partial charge is 0.167 e. The molecule has 0 spiro atoms. The maximum atomic E-state index is 5.60. The molecule has 0 unspecified atom stereocenters. The Balaban J connectivity index is 3.07. The van der Waals surface area contributed by atoms with Gasteiger partial charge in [0.25, 0.3) is 0 Å². The van der Waals surface area contributed by atoms with Crippen LogP contribution in [0, 0.1) is 0 Å². The quantitative estimate of drug-likeness (QED) is 0.319. The predicted octanol–water partition coefficient (Wildman–Crippen LogP) is 0.264. The average Bonchev–Trinajstić information content (AvgIpc) is 2.28. The lowest BCUT2D eigenvalue weighted by Crippen LogP contribution is -2.31. The zero-order valence-electron chi connectivity index (χ0n) is 8.59. The summed E-state index contributed by atoms with van der Waals surface area (Å²) in [4.78, 5) is 8.47. The van der Waals surface area contributed by atoms with Crippen LogP contribution in [-0.4, -0.2) is 16.3 Å². The van der Waals surface area contributed by atoms with Gasteiger partial charge >= 0.3 is 0 Å². The number of anilines is 1. The van der Waals surface area contributed by atoms with Crippen molar-refractivity contribution in [2.24, 2.45) is 16.8 Å². The van der Waals surface area contributed by atoms with E-state index in [0.717, 1.165) is 17.8 Å². The van der Waals surface area contributed by atoms with Gasteiger partial charge in [-0.2, -0.15) is 5.10 Å². The summed E-state index contributed by atoms with van der Waals surface area (Å²) in [6, 6.07) is 0. The van der Waals surface area contributed by atoms with E-state index < -0.39 is 0 Å². The second kappa shape index (κ2) is 5.06. The molecule has 1 rings (SSSR count). The molecule has 0 amide bonds. The van der Waals surface area contributed by atoms with Crippen LogP contribution in [0.2, 0.25) is 0 Å². The first-order valence-corrected chi connectivity index (χ1v) is 4.48. The highest BCUT2D eigenvalue weighted by atomic mass is 15.4. The first kappa shape index (κ1) is 11.1. The minimum absolute atomic E-state index is 0.492. The summed E-state index contributed by atoms with van der Waals surface area (Å²) >= 11 is 0. The van der Waals surface area contributed by atoms with Crippen molar-refractivity contribution in [3.8, 4) is 0 Å². The number of nitrogens with zero attached hydrogens (tertiary/aromatic N) is 4. The van der Waals surface area contributed by atoms with Crippen LogP contribution in [0.15, 0.2) is 17.9 Å². The summed E-state index contributed by atoms with van der Waals surface area (Å²) in [6.07, 6.45) is 5.22. The van der Waals surface area contributed by atoms with Gasteiger partial charge in [-0.15, -0.1) is 0 Å². The Morgan fingerprint density at radius 2 is 2.40 bits per heavy atom. The van der Waals surface area contributed by atoms with Gasteiger partial charge in [0.2, 0.25) is 0 Å². The molecule has 80 valence electrons. The molecule has 0 radical (unpaired) electrons. The highest BCUT2D eigenvalue weighted by Gasteiger charge is 2.05. The molecule has 1 heterocycles. The normalized spacial score (nSPS) is 10.5. The summed E-state index contributed by atoms with van der Waals surface area (Å²) in [5.74, 6) is 11.1. The topological polar surface area (TPSA) is 93.4 Å². The second-order valence-corrected chi connectivity index (χ2v) is 2.79. The Kier molecular flexibility index (Phi) is 3.75. The standard InChI is InChI=1S/C9H14N6/c1-3-7-8(4-2)14-9(5-12-7)15(11)6-13-10/h3,5-6H,1,4,10-11H2,2H3/b13-6-. The molecular weight excluding hydrogens is 192 g/mol. The molecule has 15 heavy (non-hydrogen) atoms. The van der Waals surface area contributed by atoms with Crippen molar-refractivity contribution >= 4 is 18.2 Å². The fraction of sp³-hybridized carbons (Fsp3) is 0.222. The van der Waals surface area contributed by atoms with E-state index in [1.54, 1.807) is 6.08 Å². The molecular formula is C9H14N6. The Bertz CT molecular complexity index is 373. The number of aromatic nitrogens is 2. The van der Waals surface area contributed by atoms with Crippen LogP contribution in [0.5, 0.6) is 0 Å². The third-order valence-corrected chi connectivity index (χ3v) is 1.85. The van der Waals surface area contributed by atoms with Gasteiger partial charge in [-0.25, -0.2) is 15.8 Å². The van der Waals surface area contributed by atoms with E-state index in [1.807, 2.05) is 6.92 Å². The van der Waals surface area contributed by atoms with Gasteiger partial charge in [0, 0.05) is 0 Å². The first-order valence-electron chi connectivity index (χ1n) is 4.48. The molecule has 1 aromatic heterocycles. The lowest BCUT2D eigenvalue weighted by molar-refractivity contribution is 0.956. The summed E-state index contributed by atoms with van der Waals surface area (Å²) < 4.78 is 0. The second-order valence-electron chi connectivity index (χ2n) is 2.79. The summed E-state index contributed by atoms with van der Waals surface area (Å²) in [6.45, 7) is 5.64. The fourth-order valence-corrected chi connectivity index (χ4v) is 1.11. The lowest BCUT2D eigenvalue weighted by atomic mass is 10.2. The number of hydrazine groups is 1. The minimum atomic E-state index is 0.492. The van der Waals surface area contributed by atoms with Gasteiger partial charge in [0.1, 0.15) is 6.34 Å². The molecule has 4 N–H and O–H groups in total. The zero-order valence-corrected chi connectivity index (χ0v) is 8.59. The van der Waals surface area contributed by atoms with Crippen LogP contribution < -0.4 is 16.7 Å². The van der Waals surface area contributed by atoms with Gasteiger partial charge < -0.3 is 5.84 Å². The average molecular weight is 206 g/mol. The molecule has 0 saturated heterocycles. The number of nitrogens with two attached hydrogens (primary N) is 2. The van der Waals surface area contributed by atoms with Crippen molar-refractivity contribution in [3.63, 3.8) is 0 Å². The lowest BCUT2D eigenvalue weighted by Gasteiger charge is -2.12. The molecule has 0 saturated carbocycles. The zero-order chi connectivity index (χ0) is 11.3. The Morgan fingerprint density at radius 1 is 1.67 bits per heavy atom. The molecule has 0 fully saturated rings. The number of aryl methyl sites for hydroxylation is 1. The van der Waals surface area contributed by atoms with E-state index in [1.165, 1.54) is 17.5 Å². The van der Waals surface area contributed by atoms with E-state index in [9.17, 15) is 0 Å². The van der Waals surface area contributed by atoms with Gasteiger partial charge in [0.15, 0.2) is 5.82 Å². The van der Waals surface area contributed by atoms with Crippen molar-refractivity contribution in [2.45, 2.75) is 13.3 Å². The van der Waals surface area contributed by atoms with Crippen LogP contribution in [0.25, 0.3) is 6.08 Å². The van der Waals surface area contributed by atoms with Crippen LogP contribution in [0.1, 0.15) is 18.3 Å². The monoisotopic (exact) mass is 206 g/mol. The van der Waals surface area contributed by atoms with E-state index in [2.05, 4.69) is 21.6 Å². The van der Waals surface area contributed by atoms with Gasteiger partial charge in [-0.3, -0.25) is 4.98 Å². The maximum absolute atomic E-state index is 5.60. The van der Waals surface area contributed by atoms with Crippen molar-refractivity contribution in [3.05, 3.63) is 24.2 Å². The highest BCUT2D eigenvalue weighted by Crippen LogP contribution is 2.10. The largest absolute Gasteiger partial charge is 0.322 e. The maximum Gasteiger partial charge on any atom is 0.167 e. The SMILES string of the molecule is C=Cc1ncc(N(N)/C=N\N)nc1CC. The molecule has 6 nitrogen and oxygen atoms in total. The molecule has 6 heteroatoms. The van der Waals surface area contributed by atoms with Crippen LogP contribution >= 0.6 is 0 Å². The molecule has 0 atom stereocenters. The van der Waals surface area contributed by atoms with E-state index in [-0.39, 0.29) is 0 Å². The van der Waals surface area contributed by atoms with E-state index in [0.29, 0.717) is 5.82 Å². The summed E-state index contributed by atoms with van der Waals surface area (Å²) in [5, 5.41) is 4.51. The molecule has 0 aromatic carbocycles. The molecule has 1 aromatic rings. The molecule has 0 aliphatic rings. The van der Waals surface area contributed by atoms with Crippen LogP contribution in [0.4, 0.5) is 5.82 Å². The van der Waals surface area contributed by atoms with Gasteiger partial charge in [0.05, 0.1) is 17.6 Å². The summed E-state index contributed by atoms with van der Waals surface area (Å²) in [5.41, 5.74) is 1.60. The Labute approximate surface area is 88.3 Å². The number of hydrogen-bond donors (Lipinski definition) is 2. The Hall–Kier alpha value is -1.95. The molecule has 0 aliphatic carbocycles. The number of hydrazone groups is 1. The minimum Gasteiger partial charge on any atom is -0.322 e. The summed E-state index contributed by atoms with van der Waals surface area (Å²) in [7, 11) is 0. The van der Waals surface area contributed by atoms with E-state index in [4.69, 9.17) is 11.7 Å². The molecule has 0 bridgehead atoms. The van der Waals surface area contributed by atoms with Gasteiger partial charge in [-0.05, 0) is 12.5 Å². The predicted molar refractivity (Wildman–Crippen MR) is 60.8 cm³/mol. The number of hydrogen-bond acceptors (Lipinski definition) is 5. The molecule has 0 aliphatic heterocycles. The van der Waals surface area contributed by atoms with Crippen molar-refractivity contribution < 1.29 is 0 Å². The van der Waals surface area contributed by atoms with Crippen molar-refractivity contribution in [1.82, 2.24) is 9.97 Å². The third-order valence-electron chi connectivity index (χ3n) is 1.85. The van der Waals surface area contributed by atoms with Crippen molar-refractivity contribution in [1.29, 1.82) is 0 Å². The van der Waals surface area contributed by atoms with Crippen LogP contribution in [-0.2, 0) is 6.42 Å². The fourth-order valence-electron chi connectivity index (χ4n) is 1.11. The highest BCUT2D eigenvalue weighted by molar-refractivity contribution is 5.75. The first-order chi connectivity index (χ1) is 7.22.